The summed E-state index contributed by atoms with van der Waals surface area (Å²) in [6.07, 6.45) is 3.32. The molecule has 3 nitrogen and oxygen atoms in total. The number of rotatable bonds is 3. The maximum absolute atomic E-state index is 8.51. The lowest BCUT2D eigenvalue weighted by molar-refractivity contribution is 0.281. The topological polar surface area (TPSA) is 42.4 Å². The number of aromatic nitrogens is 1. The lowest BCUT2D eigenvalue weighted by Crippen LogP contribution is -2.53. The molecule has 0 radical (unpaired) electrons. The van der Waals surface area contributed by atoms with Crippen molar-refractivity contribution in [3.05, 3.63) is 30.1 Å². The van der Waals surface area contributed by atoms with Crippen LogP contribution in [0.4, 0.5) is 0 Å². The molecule has 0 bridgehead atoms. The highest BCUT2D eigenvalue weighted by molar-refractivity contribution is 6.87. The van der Waals surface area contributed by atoms with E-state index in [2.05, 4.69) is 72.7 Å². The van der Waals surface area contributed by atoms with Gasteiger partial charge in [-0.1, -0.05) is 41.5 Å². The van der Waals surface area contributed by atoms with Crippen LogP contribution in [0.25, 0.3) is 0 Å². The minimum atomic E-state index is -1.59. The highest BCUT2D eigenvalue weighted by Crippen LogP contribution is 2.44. The Balaban J connectivity index is 0.000000502. The Morgan fingerprint density at radius 1 is 0.870 bits per heavy atom. The van der Waals surface area contributed by atoms with Crippen LogP contribution < -0.4 is 0 Å². The number of aliphatic hydroxyl groups excluding tert-OH is 1. The molecule has 0 aliphatic carbocycles. The monoisotopic (exact) mass is 355 g/mol. The Morgan fingerprint density at radius 2 is 1.22 bits per heavy atom. The molecular formula is C18H37NO2Si2. The van der Waals surface area contributed by atoms with Crippen LogP contribution >= 0.6 is 0 Å². The zero-order valence-corrected chi connectivity index (χ0v) is 18.8. The number of nitrogens with zero attached hydrogens (tertiary/aromatic N) is 1. The fraction of sp³-hybridized carbons (Fsp3) is 0.722. The van der Waals surface area contributed by atoms with Gasteiger partial charge < -0.3 is 9.22 Å². The van der Waals surface area contributed by atoms with E-state index in [9.17, 15) is 0 Å². The first-order valence-electron chi connectivity index (χ1n) is 8.34. The van der Waals surface area contributed by atoms with Crippen LogP contribution in [0.5, 0.6) is 0 Å². The average molecular weight is 356 g/mol. The van der Waals surface area contributed by atoms with Gasteiger partial charge in [0.1, 0.15) is 0 Å². The summed E-state index contributed by atoms with van der Waals surface area (Å²) in [7, 11) is -3.18. The van der Waals surface area contributed by atoms with E-state index in [0.717, 1.165) is 5.56 Å². The molecule has 0 aliphatic rings. The van der Waals surface area contributed by atoms with E-state index in [1.54, 1.807) is 24.5 Å². The highest BCUT2D eigenvalue weighted by Gasteiger charge is 2.46. The predicted molar refractivity (Wildman–Crippen MR) is 106 cm³/mol. The predicted octanol–water partition coefficient (Wildman–Crippen LogP) is 5.59. The number of hydrogen-bond acceptors (Lipinski definition) is 3. The van der Waals surface area contributed by atoms with Crippen molar-refractivity contribution in [1.29, 1.82) is 0 Å². The maximum Gasteiger partial charge on any atom is 0.178 e. The summed E-state index contributed by atoms with van der Waals surface area (Å²) in [5.74, 6) is 0. The molecule has 0 saturated heterocycles. The van der Waals surface area contributed by atoms with Gasteiger partial charge in [-0.2, -0.15) is 0 Å². The van der Waals surface area contributed by atoms with Crippen molar-refractivity contribution in [2.75, 3.05) is 0 Å². The summed E-state index contributed by atoms with van der Waals surface area (Å²) in [4.78, 5) is 3.78. The molecule has 0 aliphatic heterocycles. The molecule has 23 heavy (non-hydrogen) atoms. The van der Waals surface area contributed by atoms with E-state index in [1.165, 1.54) is 0 Å². The molecule has 0 unspecified atom stereocenters. The van der Waals surface area contributed by atoms with Crippen LogP contribution in [-0.4, -0.2) is 26.7 Å². The third kappa shape index (κ3) is 7.29. The molecule has 0 atom stereocenters. The van der Waals surface area contributed by atoms with Gasteiger partial charge in [-0.25, -0.2) is 0 Å². The van der Waals surface area contributed by atoms with Crippen molar-refractivity contribution in [3.63, 3.8) is 0 Å². The summed E-state index contributed by atoms with van der Waals surface area (Å²) in [5.41, 5.74) is 0.903. The first-order chi connectivity index (χ1) is 10.1. The average Bonchev–Trinajstić information content (AvgIpc) is 2.36. The maximum atomic E-state index is 8.51. The Kier molecular flexibility index (Phi) is 7.88. The molecule has 0 amide bonds. The Hall–Kier alpha value is -0.496. The third-order valence-electron chi connectivity index (χ3n) is 5.05. The van der Waals surface area contributed by atoms with Gasteiger partial charge in [-0.05, 0) is 54.0 Å². The van der Waals surface area contributed by atoms with Gasteiger partial charge in [-0.3, -0.25) is 4.98 Å². The third-order valence-corrected chi connectivity index (χ3v) is 16.4. The molecule has 0 aromatic carbocycles. The van der Waals surface area contributed by atoms with Gasteiger partial charge in [-0.15, -0.1) is 0 Å². The summed E-state index contributed by atoms with van der Waals surface area (Å²) in [5, 5.41) is 9.15. The molecule has 1 rings (SSSR count). The lowest BCUT2D eigenvalue weighted by Gasteiger charge is -2.47. The highest BCUT2D eigenvalue weighted by atomic mass is 28.4. The van der Waals surface area contributed by atoms with Crippen LogP contribution in [0.1, 0.15) is 47.1 Å². The molecule has 0 fully saturated rings. The van der Waals surface area contributed by atoms with Crippen LogP contribution in [0, 0.1) is 0 Å². The molecule has 134 valence electrons. The van der Waals surface area contributed by atoms with E-state index >= 15 is 0 Å². The number of pyridine rings is 1. The Labute approximate surface area is 145 Å². The summed E-state index contributed by atoms with van der Waals surface area (Å²) < 4.78 is 6.63. The zero-order valence-electron chi connectivity index (χ0n) is 16.8. The zero-order chi connectivity index (χ0) is 18.5. The quantitative estimate of drug-likeness (QED) is 0.719. The molecule has 1 aromatic rings. The first-order valence-corrected chi connectivity index (χ1v) is 14.2. The van der Waals surface area contributed by atoms with E-state index in [0.29, 0.717) is 10.1 Å². The van der Waals surface area contributed by atoms with E-state index < -0.39 is 16.6 Å². The smallest absolute Gasteiger partial charge is 0.178 e. The van der Waals surface area contributed by atoms with Crippen molar-refractivity contribution in [1.82, 2.24) is 4.98 Å². The molecule has 5 heteroatoms. The standard InChI is InChI=1S/C12H30OSi2.C6H7NO/c1-11(2,3)14(7,8)13-15(9,10)12(4,5)6;8-5-6-1-3-7-4-2-6/h1-10H3;1-4,8H,5H2. The summed E-state index contributed by atoms with van der Waals surface area (Å²) in [6.45, 7) is 23.4. The Morgan fingerprint density at radius 3 is 1.43 bits per heavy atom. The number of aliphatic hydroxyl groups is 1. The first kappa shape index (κ1) is 22.5. The fourth-order valence-electron chi connectivity index (χ4n) is 1.43. The summed E-state index contributed by atoms with van der Waals surface area (Å²) in [6, 6.07) is 3.56. The van der Waals surface area contributed by atoms with Gasteiger partial charge in [0.2, 0.25) is 0 Å². The largest absolute Gasteiger partial charge is 0.455 e. The minimum Gasteiger partial charge on any atom is -0.455 e. The van der Waals surface area contributed by atoms with Crippen molar-refractivity contribution >= 4 is 16.6 Å². The van der Waals surface area contributed by atoms with Crippen molar-refractivity contribution < 1.29 is 9.22 Å². The van der Waals surface area contributed by atoms with Crippen molar-refractivity contribution in [2.45, 2.75) is 84.4 Å². The molecular weight excluding hydrogens is 318 g/mol. The summed E-state index contributed by atoms with van der Waals surface area (Å²) >= 11 is 0. The van der Waals surface area contributed by atoms with Gasteiger partial charge in [0.05, 0.1) is 6.61 Å². The lowest BCUT2D eigenvalue weighted by atomic mass is 10.2. The van der Waals surface area contributed by atoms with Gasteiger partial charge in [0.15, 0.2) is 16.6 Å². The van der Waals surface area contributed by atoms with Gasteiger partial charge in [0, 0.05) is 12.4 Å². The van der Waals surface area contributed by atoms with Crippen molar-refractivity contribution in [2.24, 2.45) is 0 Å². The number of hydrogen-bond donors (Lipinski definition) is 1. The SMILES string of the molecule is CC(C)(C)[Si](C)(C)O[Si](C)(C)C(C)(C)C.OCc1ccncc1. The van der Waals surface area contributed by atoms with Crippen molar-refractivity contribution in [3.8, 4) is 0 Å². The molecule has 1 N–H and O–H groups in total. The van der Waals surface area contributed by atoms with E-state index in [-0.39, 0.29) is 6.61 Å². The Bertz CT molecular complexity index is 436. The molecule has 0 spiro atoms. The fourth-order valence-corrected chi connectivity index (χ4v) is 8.98. The normalized spacial score (nSPS) is 13.3. The van der Waals surface area contributed by atoms with Crippen LogP contribution in [0.15, 0.2) is 24.5 Å². The van der Waals surface area contributed by atoms with Crippen LogP contribution in [0.3, 0.4) is 0 Å². The molecule has 1 heterocycles. The second-order valence-electron chi connectivity index (χ2n) is 9.14. The van der Waals surface area contributed by atoms with Crippen LogP contribution in [0.2, 0.25) is 36.3 Å². The van der Waals surface area contributed by atoms with E-state index in [1.807, 2.05) is 0 Å². The van der Waals surface area contributed by atoms with Gasteiger partial charge >= 0.3 is 0 Å². The minimum absolute atomic E-state index is 0.0997. The second kappa shape index (κ2) is 8.05. The van der Waals surface area contributed by atoms with Crippen LogP contribution in [-0.2, 0) is 10.7 Å². The molecule has 1 aromatic heterocycles. The van der Waals surface area contributed by atoms with E-state index in [4.69, 9.17) is 9.22 Å². The second-order valence-corrected chi connectivity index (χ2v) is 19.0. The molecule has 0 saturated carbocycles. The van der Waals surface area contributed by atoms with Gasteiger partial charge in [0.25, 0.3) is 0 Å².